The predicted molar refractivity (Wildman–Crippen MR) is 172 cm³/mol. The van der Waals surface area contributed by atoms with E-state index >= 15 is 0 Å². The minimum absolute atomic E-state index is 0.00360. The molecule has 0 aromatic heterocycles. The van der Waals surface area contributed by atoms with Crippen LogP contribution < -0.4 is 9.62 Å². The molecule has 1 atom stereocenters. The minimum Gasteiger partial charge on any atom is -0.355 e. The number of sulfonamides is 1. The molecular formula is C33H33Cl2N3O4S. The van der Waals surface area contributed by atoms with Crippen molar-refractivity contribution in [3.63, 3.8) is 0 Å². The van der Waals surface area contributed by atoms with Crippen molar-refractivity contribution < 1.29 is 18.0 Å². The Morgan fingerprint density at radius 2 is 1.47 bits per heavy atom. The minimum atomic E-state index is -4.22. The summed E-state index contributed by atoms with van der Waals surface area (Å²) in [4.78, 5) is 29.4. The SMILES string of the molecule is CCNC(=O)[C@H](Cc1ccccc1)N(Cc1ccccc1C)C(=O)CN(c1ccc(Cl)c(Cl)c1)S(=O)(=O)c1ccccc1. The topological polar surface area (TPSA) is 86.8 Å². The number of amides is 2. The van der Waals surface area contributed by atoms with Gasteiger partial charge in [0, 0.05) is 19.5 Å². The summed E-state index contributed by atoms with van der Waals surface area (Å²) >= 11 is 12.4. The molecule has 0 bridgehead atoms. The van der Waals surface area contributed by atoms with Gasteiger partial charge in [-0.2, -0.15) is 0 Å². The fourth-order valence-corrected chi connectivity index (χ4v) is 6.43. The molecule has 0 saturated heterocycles. The summed E-state index contributed by atoms with van der Waals surface area (Å²) in [5, 5.41) is 3.24. The largest absolute Gasteiger partial charge is 0.355 e. The van der Waals surface area contributed by atoms with E-state index in [1.807, 2.05) is 68.4 Å². The number of carbonyl (C=O) groups is 2. The molecule has 0 unspecified atom stereocenters. The molecule has 2 amide bonds. The average molecular weight is 639 g/mol. The summed E-state index contributed by atoms with van der Waals surface area (Å²) in [6.07, 6.45) is 0.239. The Balaban J connectivity index is 1.81. The molecule has 0 saturated carbocycles. The molecule has 0 radical (unpaired) electrons. The van der Waals surface area contributed by atoms with E-state index in [4.69, 9.17) is 23.2 Å². The summed E-state index contributed by atoms with van der Waals surface area (Å²) in [5.41, 5.74) is 2.80. The maximum absolute atomic E-state index is 14.4. The highest BCUT2D eigenvalue weighted by Crippen LogP contribution is 2.31. The molecule has 0 aliphatic heterocycles. The first kappa shape index (κ1) is 32.1. The lowest BCUT2D eigenvalue weighted by Gasteiger charge is -2.34. The predicted octanol–water partition coefficient (Wildman–Crippen LogP) is 6.27. The summed E-state index contributed by atoms with van der Waals surface area (Å²) in [6.45, 7) is 3.63. The van der Waals surface area contributed by atoms with E-state index in [9.17, 15) is 18.0 Å². The van der Waals surface area contributed by atoms with Gasteiger partial charge in [-0.25, -0.2) is 8.42 Å². The van der Waals surface area contributed by atoms with Crippen LogP contribution in [-0.2, 0) is 32.6 Å². The maximum Gasteiger partial charge on any atom is 0.264 e. The first-order chi connectivity index (χ1) is 20.6. The second kappa shape index (κ2) is 14.6. The number of aryl methyl sites for hydroxylation is 1. The van der Waals surface area contributed by atoms with E-state index < -0.39 is 28.5 Å². The Kier molecular flexibility index (Phi) is 10.9. The molecule has 1 N–H and O–H groups in total. The van der Waals surface area contributed by atoms with E-state index in [1.54, 1.807) is 18.2 Å². The van der Waals surface area contributed by atoms with E-state index in [0.717, 1.165) is 21.0 Å². The summed E-state index contributed by atoms with van der Waals surface area (Å²) in [5.74, 6) is -0.888. The Hall–Kier alpha value is -3.85. The first-order valence-electron chi connectivity index (χ1n) is 13.8. The van der Waals surface area contributed by atoms with Gasteiger partial charge in [-0.05, 0) is 60.9 Å². The second-order valence-electron chi connectivity index (χ2n) is 9.97. The standard InChI is InChI=1S/C33H33Cl2N3O4S/c1-3-36-33(40)31(20-25-13-6-4-7-14-25)37(22-26-15-11-10-12-24(26)2)32(39)23-38(27-18-19-29(34)30(35)21-27)43(41,42)28-16-8-5-9-17-28/h4-19,21,31H,3,20,22-23H2,1-2H3,(H,36,40)/t31-/m0/s1. The van der Waals surface area contributed by atoms with Gasteiger partial charge < -0.3 is 10.2 Å². The van der Waals surface area contributed by atoms with E-state index in [-0.39, 0.29) is 39.5 Å². The Labute approximate surface area is 263 Å². The van der Waals surface area contributed by atoms with Gasteiger partial charge in [0.1, 0.15) is 12.6 Å². The quantitative estimate of drug-likeness (QED) is 0.198. The van der Waals surface area contributed by atoms with Crippen molar-refractivity contribution in [1.29, 1.82) is 0 Å². The molecule has 0 fully saturated rings. The summed E-state index contributed by atoms with van der Waals surface area (Å²) < 4.78 is 29.0. The fraction of sp³-hybridized carbons (Fsp3) is 0.212. The number of hydrogen-bond donors (Lipinski definition) is 1. The third-order valence-corrected chi connectivity index (χ3v) is 9.55. The van der Waals surface area contributed by atoms with Gasteiger partial charge in [-0.3, -0.25) is 13.9 Å². The summed E-state index contributed by atoms with van der Waals surface area (Å²) in [7, 11) is -4.22. The number of rotatable bonds is 12. The fourth-order valence-electron chi connectivity index (χ4n) is 4.71. The van der Waals surface area contributed by atoms with Crippen LogP contribution in [0.5, 0.6) is 0 Å². The highest BCUT2D eigenvalue weighted by Gasteiger charge is 2.34. The van der Waals surface area contributed by atoms with E-state index in [0.29, 0.717) is 6.54 Å². The Morgan fingerprint density at radius 1 is 0.837 bits per heavy atom. The van der Waals surface area contributed by atoms with E-state index in [1.165, 1.54) is 35.2 Å². The van der Waals surface area contributed by atoms with Crippen molar-refractivity contribution in [2.45, 2.75) is 37.8 Å². The van der Waals surface area contributed by atoms with E-state index in [2.05, 4.69) is 5.32 Å². The lowest BCUT2D eigenvalue weighted by molar-refractivity contribution is -0.140. The molecule has 4 rings (SSSR count). The molecule has 4 aromatic carbocycles. The van der Waals surface area contributed by atoms with Crippen molar-refractivity contribution >= 4 is 50.7 Å². The first-order valence-corrected chi connectivity index (χ1v) is 16.0. The number of hydrogen-bond acceptors (Lipinski definition) is 4. The lowest BCUT2D eigenvalue weighted by atomic mass is 10.0. The molecule has 0 aliphatic rings. The monoisotopic (exact) mass is 637 g/mol. The molecular weight excluding hydrogens is 605 g/mol. The van der Waals surface area contributed by atoms with Crippen LogP contribution in [0.1, 0.15) is 23.6 Å². The highest BCUT2D eigenvalue weighted by molar-refractivity contribution is 7.92. The summed E-state index contributed by atoms with van der Waals surface area (Å²) in [6, 6.07) is 28.3. The number of nitrogens with one attached hydrogen (secondary N) is 1. The number of benzene rings is 4. The van der Waals surface area contributed by atoms with Gasteiger partial charge in [0.2, 0.25) is 11.8 Å². The highest BCUT2D eigenvalue weighted by atomic mass is 35.5. The molecule has 0 spiro atoms. The van der Waals surface area contributed by atoms with Crippen molar-refractivity contribution in [1.82, 2.24) is 10.2 Å². The third-order valence-electron chi connectivity index (χ3n) is 7.03. The normalized spacial score (nSPS) is 11.9. The van der Waals surface area contributed by atoms with Gasteiger partial charge in [-0.15, -0.1) is 0 Å². The molecule has 224 valence electrons. The van der Waals surface area contributed by atoms with Crippen LogP contribution in [0.25, 0.3) is 0 Å². The van der Waals surface area contributed by atoms with Crippen LogP contribution in [-0.4, -0.2) is 44.3 Å². The smallest absolute Gasteiger partial charge is 0.264 e. The van der Waals surface area contributed by atoms with Crippen LogP contribution in [0.15, 0.2) is 108 Å². The second-order valence-corrected chi connectivity index (χ2v) is 12.6. The maximum atomic E-state index is 14.4. The zero-order chi connectivity index (χ0) is 31.0. The van der Waals surface area contributed by atoms with Crippen molar-refractivity contribution in [3.05, 3.63) is 130 Å². The van der Waals surface area contributed by atoms with Crippen LogP contribution in [0.4, 0.5) is 5.69 Å². The van der Waals surface area contributed by atoms with Crippen molar-refractivity contribution in [3.8, 4) is 0 Å². The van der Waals surface area contributed by atoms with Gasteiger partial charge in [0.05, 0.1) is 20.6 Å². The van der Waals surface area contributed by atoms with Gasteiger partial charge in [0.15, 0.2) is 0 Å². The number of carbonyl (C=O) groups excluding carboxylic acids is 2. The zero-order valence-electron chi connectivity index (χ0n) is 23.9. The molecule has 4 aromatic rings. The molecule has 10 heteroatoms. The van der Waals surface area contributed by atoms with Gasteiger partial charge >= 0.3 is 0 Å². The van der Waals surface area contributed by atoms with Crippen LogP contribution >= 0.6 is 23.2 Å². The average Bonchev–Trinajstić information content (AvgIpc) is 3.01. The van der Waals surface area contributed by atoms with Crippen LogP contribution in [0.3, 0.4) is 0 Å². The number of anilines is 1. The third kappa shape index (κ3) is 7.96. The number of likely N-dealkylation sites (N-methyl/N-ethyl adjacent to an activating group) is 1. The van der Waals surface area contributed by atoms with Gasteiger partial charge in [-0.1, -0.05) is 96.0 Å². The van der Waals surface area contributed by atoms with Gasteiger partial charge in [0.25, 0.3) is 10.0 Å². The molecule has 0 aliphatic carbocycles. The Bertz CT molecular complexity index is 1670. The van der Waals surface area contributed by atoms with Crippen LogP contribution in [0, 0.1) is 6.92 Å². The van der Waals surface area contributed by atoms with Crippen molar-refractivity contribution in [2.75, 3.05) is 17.4 Å². The van der Waals surface area contributed by atoms with Crippen molar-refractivity contribution in [2.24, 2.45) is 0 Å². The lowest BCUT2D eigenvalue weighted by Crippen LogP contribution is -2.53. The number of halogens is 2. The zero-order valence-corrected chi connectivity index (χ0v) is 26.2. The van der Waals surface area contributed by atoms with Crippen LogP contribution in [0.2, 0.25) is 10.0 Å². The molecule has 0 heterocycles. The molecule has 43 heavy (non-hydrogen) atoms. The Morgan fingerprint density at radius 3 is 2.09 bits per heavy atom. The number of nitrogens with zero attached hydrogens (tertiary/aromatic N) is 2. The molecule has 7 nitrogen and oxygen atoms in total.